The topological polar surface area (TPSA) is 65.1 Å². The summed E-state index contributed by atoms with van der Waals surface area (Å²) >= 11 is 5.65. The van der Waals surface area contributed by atoms with Crippen LogP contribution in [0.3, 0.4) is 0 Å². The zero-order chi connectivity index (χ0) is 14.5. The lowest BCUT2D eigenvalue weighted by Crippen LogP contribution is -2.29. The standard InChI is InChI=1S/C14H14ClFN2O2/c1-14(2-3-14)13(20)17-6-7-4-8-9(18-7)5-10(19)11(15)12(8)16/h4-5,18-19H,2-3,6H2,1H3,(H,17,20). The van der Waals surface area contributed by atoms with Crippen LogP contribution in [-0.4, -0.2) is 16.0 Å². The molecule has 20 heavy (non-hydrogen) atoms. The maximum Gasteiger partial charge on any atom is 0.226 e. The van der Waals surface area contributed by atoms with Crippen LogP contribution in [0.4, 0.5) is 4.39 Å². The quantitative estimate of drug-likeness (QED) is 0.815. The molecule has 0 unspecified atom stereocenters. The van der Waals surface area contributed by atoms with Crippen molar-refractivity contribution < 1.29 is 14.3 Å². The summed E-state index contributed by atoms with van der Waals surface area (Å²) in [6.07, 6.45) is 1.81. The number of carbonyl (C=O) groups is 1. The first-order valence-electron chi connectivity index (χ1n) is 6.37. The first-order chi connectivity index (χ1) is 9.40. The SMILES string of the molecule is CC1(C(=O)NCc2cc3c(F)c(Cl)c(O)cc3[nH]2)CC1. The zero-order valence-electron chi connectivity index (χ0n) is 10.9. The molecule has 2 aromatic rings. The number of aromatic amines is 1. The summed E-state index contributed by atoms with van der Waals surface area (Å²) in [5.41, 5.74) is 0.878. The van der Waals surface area contributed by atoms with Crippen LogP contribution in [-0.2, 0) is 11.3 Å². The first-order valence-corrected chi connectivity index (χ1v) is 6.75. The minimum absolute atomic E-state index is 0.0116. The van der Waals surface area contributed by atoms with Gasteiger partial charge in [0.05, 0.1) is 12.1 Å². The fourth-order valence-corrected chi connectivity index (χ4v) is 2.31. The number of hydrogen-bond acceptors (Lipinski definition) is 2. The number of carbonyl (C=O) groups excluding carboxylic acids is 1. The Hall–Kier alpha value is -1.75. The van der Waals surface area contributed by atoms with E-state index in [1.165, 1.54) is 6.07 Å². The molecule has 3 rings (SSSR count). The van der Waals surface area contributed by atoms with Gasteiger partial charge in [-0.3, -0.25) is 4.79 Å². The van der Waals surface area contributed by atoms with Gasteiger partial charge in [-0.2, -0.15) is 0 Å². The van der Waals surface area contributed by atoms with Gasteiger partial charge >= 0.3 is 0 Å². The molecule has 0 saturated heterocycles. The highest BCUT2D eigenvalue weighted by molar-refractivity contribution is 6.33. The Balaban J connectivity index is 1.83. The number of nitrogens with one attached hydrogen (secondary N) is 2. The molecule has 4 nitrogen and oxygen atoms in total. The van der Waals surface area contributed by atoms with Gasteiger partial charge in [-0.25, -0.2) is 4.39 Å². The summed E-state index contributed by atoms with van der Waals surface area (Å²) in [7, 11) is 0. The number of aromatic nitrogens is 1. The molecule has 0 radical (unpaired) electrons. The van der Waals surface area contributed by atoms with E-state index in [0.717, 1.165) is 12.8 Å². The normalized spacial score (nSPS) is 16.4. The molecule has 0 atom stereocenters. The van der Waals surface area contributed by atoms with Crippen LogP contribution in [0.15, 0.2) is 12.1 Å². The molecule has 1 saturated carbocycles. The summed E-state index contributed by atoms with van der Waals surface area (Å²) < 4.78 is 13.9. The molecule has 3 N–H and O–H groups in total. The first kappa shape index (κ1) is 13.2. The van der Waals surface area contributed by atoms with Gasteiger partial charge in [0.15, 0.2) is 5.82 Å². The van der Waals surface area contributed by atoms with E-state index >= 15 is 0 Å². The molecule has 1 aliphatic rings. The number of phenolic OH excluding ortho intramolecular Hbond substituents is 1. The number of benzene rings is 1. The molecular formula is C14H14ClFN2O2. The molecule has 1 heterocycles. The number of amides is 1. The fourth-order valence-electron chi connectivity index (χ4n) is 2.15. The third-order valence-corrected chi connectivity index (χ3v) is 4.19. The van der Waals surface area contributed by atoms with Gasteiger partial charge in [0.1, 0.15) is 10.8 Å². The van der Waals surface area contributed by atoms with E-state index in [9.17, 15) is 14.3 Å². The van der Waals surface area contributed by atoms with Crippen LogP contribution in [0.5, 0.6) is 5.75 Å². The van der Waals surface area contributed by atoms with Crippen molar-refractivity contribution in [3.63, 3.8) is 0 Å². The number of halogens is 2. The molecule has 1 fully saturated rings. The highest BCUT2D eigenvalue weighted by Crippen LogP contribution is 2.45. The number of aromatic hydroxyl groups is 1. The number of phenols is 1. The highest BCUT2D eigenvalue weighted by atomic mass is 35.5. The van der Waals surface area contributed by atoms with Gasteiger partial charge in [-0.15, -0.1) is 0 Å². The zero-order valence-corrected chi connectivity index (χ0v) is 11.6. The van der Waals surface area contributed by atoms with Gasteiger partial charge in [0, 0.05) is 22.6 Å². The Kier molecular flexibility index (Phi) is 2.90. The smallest absolute Gasteiger partial charge is 0.226 e. The second-order valence-corrected chi connectivity index (χ2v) is 5.90. The molecule has 6 heteroatoms. The van der Waals surface area contributed by atoms with Crippen LogP contribution in [0.2, 0.25) is 5.02 Å². The van der Waals surface area contributed by atoms with Crippen molar-refractivity contribution in [2.24, 2.45) is 5.41 Å². The molecule has 0 aliphatic heterocycles. The number of H-pyrrole nitrogens is 1. The minimum Gasteiger partial charge on any atom is -0.506 e. The van der Waals surface area contributed by atoms with Gasteiger partial charge in [0.25, 0.3) is 0 Å². The third-order valence-electron chi connectivity index (χ3n) is 3.83. The van der Waals surface area contributed by atoms with Crippen molar-refractivity contribution in [1.82, 2.24) is 10.3 Å². The predicted octanol–water partition coefficient (Wildman–Crippen LogP) is 3.08. The molecule has 1 amide bonds. The maximum absolute atomic E-state index is 13.9. The van der Waals surface area contributed by atoms with E-state index in [1.807, 2.05) is 6.92 Å². The monoisotopic (exact) mass is 296 g/mol. The fraction of sp³-hybridized carbons (Fsp3) is 0.357. The number of rotatable bonds is 3. The Morgan fingerprint density at radius 1 is 1.55 bits per heavy atom. The van der Waals surface area contributed by atoms with E-state index in [0.29, 0.717) is 23.1 Å². The number of fused-ring (bicyclic) bond motifs is 1. The van der Waals surface area contributed by atoms with Crippen LogP contribution in [0.1, 0.15) is 25.5 Å². The summed E-state index contributed by atoms with van der Waals surface area (Å²) in [5.74, 6) is -0.957. The van der Waals surface area contributed by atoms with Crippen molar-refractivity contribution in [2.75, 3.05) is 0 Å². The van der Waals surface area contributed by atoms with E-state index in [2.05, 4.69) is 10.3 Å². The maximum atomic E-state index is 13.9. The van der Waals surface area contributed by atoms with Gasteiger partial charge in [0.2, 0.25) is 5.91 Å². The van der Waals surface area contributed by atoms with Gasteiger partial charge in [-0.05, 0) is 18.9 Å². The third kappa shape index (κ3) is 2.12. The van der Waals surface area contributed by atoms with Gasteiger partial charge < -0.3 is 15.4 Å². The summed E-state index contributed by atoms with van der Waals surface area (Å²) in [5, 5.41) is 12.3. The Bertz CT molecular complexity index is 707. The summed E-state index contributed by atoms with van der Waals surface area (Å²) in [4.78, 5) is 14.8. The second-order valence-electron chi connectivity index (χ2n) is 5.52. The average molecular weight is 297 g/mol. The van der Waals surface area contributed by atoms with Crippen LogP contribution < -0.4 is 5.32 Å². The Morgan fingerprint density at radius 3 is 2.90 bits per heavy atom. The molecule has 1 aromatic carbocycles. The summed E-state index contributed by atoms with van der Waals surface area (Å²) in [6, 6.07) is 2.96. The summed E-state index contributed by atoms with van der Waals surface area (Å²) in [6.45, 7) is 2.21. The van der Waals surface area contributed by atoms with E-state index in [4.69, 9.17) is 11.6 Å². The van der Waals surface area contributed by atoms with Gasteiger partial charge in [-0.1, -0.05) is 18.5 Å². The van der Waals surface area contributed by atoms with Crippen molar-refractivity contribution in [1.29, 1.82) is 0 Å². The lowest BCUT2D eigenvalue weighted by molar-refractivity contribution is -0.125. The lowest BCUT2D eigenvalue weighted by atomic mass is 10.1. The largest absolute Gasteiger partial charge is 0.506 e. The molecule has 0 spiro atoms. The molecule has 1 aromatic heterocycles. The number of hydrogen-bond donors (Lipinski definition) is 3. The van der Waals surface area contributed by atoms with Crippen molar-refractivity contribution >= 4 is 28.4 Å². The molecule has 0 bridgehead atoms. The highest BCUT2D eigenvalue weighted by Gasteiger charge is 2.44. The van der Waals surface area contributed by atoms with Crippen LogP contribution in [0.25, 0.3) is 10.9 Å². The minimum atomic E-state index is -0.662. The predicted molar refractivity (Wildman–Crippen MR) is 74.1 cm³/mol. The lowest BCUT2D eigenvalue weighted by Gasteiger charge is -2.08. The Morgan fingerprint density at radius 2 is 2.25 bits per heavy atom. The average Bonchev–Trinajstić information content (AvgIpc) is 3.03. The van der Waals surface area contributed by atoms with Crippen molar-refractivity contribution in [3.05, 3.63) is 28.7 Å². The Labute approximate surface area is 119 Å². The van der Waals surface area contributed by atoms with E-state index in [1.54, 1.807) is 6.07 Å². The van der Waals surface area contributed by atoms with Crippen molar-refractivity contribution in [2.45, 2.75) is 26.3 Å². The second kappa shape index (κ2) is 4.38. The van der Waals surface area contributed by atoms with Crippen molar-refractivity contribution in [3.8, 4) is 5.75 Å². The van der Waals surface area contributed by atoms with E-state index < -0.39 is 5.82 Å². The van der Waals surface area contributed by atoms with Crippen LogP contribution >= 0.6 is 11.6 Å². The molecular weight excluding hydrogens is 283 g/mol. The molecule has 106 valence electrons. The van der Waals surface area contributed by atoms with Crippen LogP contribution in [0, 0.1) is 11.2 Å². The molecule has 1 aliphatic carbocycles. The van der Waals surface area contributed by atoms with E-state index in [-0.39, 0.29) is 22.1 Å².